The van der Waals surface area contributed by atoms with Crippen molar-refractivity contribution in [3.63, 3.8) is 0 Å². The fourth-order valence-electron chi connectivity index (χ4n) is 2.59. The largest absolute Gasteiger partial charge is 0.391 e. The van der Waals surface area contributed by atoms with Gasteiger partial charge in [0.15, 0.2) is 0 Å². The average molecular weight is 266 g/mol. The molecule has 1 heterocycles. The highest BCUT2D eigenvalue weighted by Crippen LogP contribution is 2.24. The number of rotatable bonds is 4. The zero-order valence-corrected chi connectivity index (χ0v) is 11.5. The molecule has 1 saturated carbocycles. The predicted molar refractivity (Wildman–Crippen MR) is 71.4 cm³/mol. The normalized spacial score (nSPS) is 26.6. The summed E-state index contributed by atoms with van der Waals surface area (Å²) in [6.45, 7) is 5.15. The molecule has 6 heteroatoms. The third-order valence-corrected chi connectivity index (χ3v) is 3.67. The molecule has 6 nitrogen and oxygen atoms in total. The van der Waals surface area contributed by atoms with Crippen LogP contribution in [0.25, 0.3) is 0 Å². The van der Waals surface area contributed by atoms with E-state index in [0.29, 0.717) is 25.9 Å². The zero-order valence-electron chi connectivity index (χ0n) is 11.5. The lowest BCUT2D eigenvalue weighted by molar-refractivity contribution is -0.125. The van der Waals surface area contributed by atoms with E-state index in [4.69, 9.17) is 5.73 Å². The van der Waals surface area contributed by atoms with Gasteiger partial charge in [-0.3, -0.25) is 9.48 Å². The van der Waals surface area contributed by atoms with Crippen molar-refractivity contribution in [3.8, 4) is 0 Å². The maximum absolute atomic E-state index is 11.9. The Morgan fingerprint density at radius 2 is 2.32 bits per heavy atom. The second-order valence-electron chi connectivity index (χ2n) is 5.34. The summed E-state index contributed by atoms with van der Waals surface area (Å²) in [5.74, 6) is -0.181. The molecule has 2 rings (SSSR count). The van der Waals surface area contributed by atoms with E-state index in [1.807, 2.05) is 24.6 Å². The molecule has 0 bridgehead atoms. The van der Waals surface area contributed by atoms with Crippen LogP contribution in [0.3, 0.4) is 0 Å². The molecule has 0 saturated heterocycles. The number of nitrogens with two attached hydrogens (primary N) is 1. The molecule has 0 radical (unpaired) electrons. The molecule has 0 aliphatic heterocycles. The van der Waals surface area contributed by atoms with Crippen LogP contribution in [0.2, 0.25) is 0 Å². The third kappa shape index (κ3) is 3.33. The van der Waals surface area contributed by atoms with E-state index in [9.17, 15) is 9.90 Å². The van der Waals surface area contributed by atoms with Gasteiger partial charge in [-0.25, -0.2) is 0 Å². The van der Waals surface area contributed by atoms with Crippen molar-refractivity contribution in [1.29, 1.82) is 0 Å². The summed E-state index contributed by atoms with van der Waals surface area (Å²) in [5.41, 5.74) is 7.77. The number of aliphatic hydroxyl groups is 1. The minimum Gasteiger partial charge on any atom is -0.391 e. The Bertz CT molecular complexity index is 447. The fourth-order valence-corrected chi connectivity index (χ4v) is 2.59. The van der Waals surface area contributed by atoms with Gasteiger partial charge in [0.25, 0.3) is 0 Å². The van der Waals surface area contributed by atoms with E-state index in [1.165, 1.54) is 0 Å². The Labute approximate surface area is 113 Å². The van der Waals surface area contributed by atoms with Crippen LogP contribution in [-0.4, -0.2) is 39.5 Å². The van der Waals surface area contributed by atoms with E-state index in [0.717, 1.165) is 11.4 Å². The molecule has 1 aromatic rings. The van der Waals surface area contributed by atoms with Gasteiger partial charge in [-0.1, -0.05) is 0 Å². The molecule has 0 spiro atoms. The first-order valence-electron chi connectivity index (χ1n) is 6.70. The topological polar surface area (TPSA) is 93.2 Å². The van der Waals surface area contributed by atoms with Crippen LogP contribution in [0.1, 0.15) is 24.2 Å². The number of nitrogens with zero attached hydrogens (tertiary/aromatic N) is 2. The number of aryl methyl sites for hydroxylation is 2. The fraction of sp³-hybridized carbons (Fsp3) is 0.692. The first-order chi connectivity index (χ1) is 8.97. The summed E-state index contributed by atoms with van der Waals surface area (Å²) in [6.07, 6.45) is 0.478. The molecular formula is C13H22N4O2. The molecule has 1 aromatic heterocycles. The molecule has 0 aromatic carbocycles. The van der Waals surface area contributed by atoms with Crippen LogP contribution >= 0.6 is 0 Å². The van der Waals surface area contributed by atoms with Crippen LogP contribution in [-0.2, 0) is 11.3 Å². The summed E-state index contributed by atoms with van der Waals surface area (Å²) in [7, 11) is 0. The minimum atomic E-state index is -0.549. The number of hydrogen-bond donors (Lipinski definition) is 3. The van der Waals surface area contributed by atoms with E-state index >= 15 is 0 Å². The monoisotopic (exact) mass is 266 g/mol. The summed E-state index contributed by atoms with van der Waals surface area (Å²) in [4.78, 5) is 11.9. The molecule has 106 valence electrons. The smallest absolute Gasteiger partial charge is 0.223 e. The lowest BCUT2D eigenvalue weighted by Crippen LogP contribution is -2.33. The van der Waals surface area contributed by atoms with Gasteiger partial charge in [-0.05, 0) is 32.8 Å². The second-order valence-corrected chi connectivity index (χ2v) is 5.34. The Kier molecular flexibility index (Phi) is 4.21. The molecule has 19 heavy (non-hydrogen) atoms. The number of aromatic nitrogens is 2. The highest BCUT2D eigenvalue weighted by Gasteiger charge is 2.34. The van der Waals surface area contributed by atoms with Gasteiger partial charge in [-0.2, -0.15) is 5.10 Å². The molecule has 0 unspecified atom stereocenters. The van der Waals surface area contributed by atoms with Crippen molar-refractivity contribution >= 4 is 5.91 Å². The predicted octanol–water partition coefficient (Wildman–Crippen LogP) is -0.286. The van der Waals surface area contributed by atoms with Crippen molar-refractivity contribution in [1.82, 2.24) is 15.1 Å². The number of hydrogen-bond acceptors (Lipinski definition) is 4. The number of amides is 1. The summed E-state index contributed by atoms with van der Waals surface area (Å²) < 4.78 is 1.88. The van der Waals surface area contributed by atoms with Gasteiger partial charge in [0.05, 0.1) is 18.3 Å². The number of carbonyl (C=O) groups is 1. The molecule has 1 aliphatic carbocycles. The van der Waals surface area contributed by atoms with Crippen LogP contribution in [0.4, 0.5) is 0 Å². The molecule has 1 aliphatic rings. The lowest BCUT2D eigenvalue weighted by atomic mass is 10.1. The Morgan fingerprint density at radius 3 is 2.84 bits per heavy atom. The average Bonchev–Trinajstić information content (AvgIpc) is 2.83. The van der Waals surface area contributed by atoms with Crippen LogP contribution in [0, 0.1) is 19.8 Å². The molecule has 1 amide bonds. The van der Waals surface area contributed by atoms with Gasteiger partial charge < -0.3 is 16.2 Å². The van der Waals surface area contributed by atoms with Crippen LogP contribution in [0.5, 0.6) is 0 Å². The SMILES string of the molecule is Cc1cc(C)n(CCNC(=O)[C@H]2C[C@@H](N)[C@H](O)C2)n1. The van der Waals surface area contributed by atoms with Gasteiger partial charge in [0.1, 0.15) is 0 Å². The van der Waals surface area contributed by atoms with Gasteiger partial charge in [0, 0.05) is 24.2 Å². The highest BCUT2D eigenvalue weighted by molar-refractivity contribution is 5.79. The Morgan fingerprint density at radius 1 is 1.58 bits per heavy atom. The van der Waals surface area contributed by atoms with Crippen molar-refractivity contribution in [2.24, 2.45) is 11.7 Å². The first-order valence-corrected chi connectivity index (χ1v) is 6.70. The lowest BCUT2D eigenvalue weighted by Gasteiger charge is -2.11. The Balaban J connectivity index is 1.77. The standard InChI is InChI=1S/C13H22N4O2/c1-8-5-9(2)17(16-8)4-3-15-13(19)10-6-11(14)12(18)7-10/h5,10-12,18H,3-4,6-7,14H2,1-2H3,(H,15,19)/t10-,11+,12+/m0/s1. The minimum absolute atomic E-state index is 0.0199. The Hall–Kier alpha value is -1.40. The van der Waals surface area contributed by atoms with Crippen molar-refractivity contribution in [3.05, 3.63) is 17.5 Å². The van der Waals surface area contributed by atoms with Crippen molar-refractivity contribution < 1.29 is 9.90 Å². The maximum atomic E-state index is 11.9. The molecule has 4 N–H and O–H groups in total. The van der Waals surface area contributed by atoms with Gasteiger partial charge in [-0.15, -0.1) is 0 Å². The summed E-state index contributed by atoms with van der Waals surface area (Å²) >= 11 is 0. The van der Waals surface area contributed by atoms with Crippen LogP contribution in [0.15, 0.2) is 6.07 Å². The van der Waals surface area contributed by atoms with Crippen LogP contribution < -0.4 is 11.1 Å². The van der Waals surface area contributed by atoms with E-state index in [2.05, 4.69) is 10.4 Å². The summed E-state index contributed by atoms with van der Waals surface area (Å²) in [6, 6.07) is 1.74. The highest BCUT2D eigenvalue weighted by atomic mass is 16.3. The van der Waals surface area contributed by atoms with E-state index in [-0.39, 0.29) is 17.9 Å². The van der Waals surface area contributed by atoms with Crippen molar-refractivity contribution in [2.75, 3.05) is 6.54 Å². The molecule has 1 fully saturated rings. The van der Waals surface area contributed by atoms with Gasteiger partial charge >= 0.3 is 0 Å². The van der Waals surface area contributed by atoms with E-state index in [1.54, 1.807) is 0 Å². The number of carbonyl (C=O) groups excluding carboxylic acids is 1. The summed E-state index contributed by atoms with van der Waals surface area (Å²) in [5, 5.41) is 16.8. The quantitative estimate of drug-likeness (QED) is 0.698. The van der Waals surface area contributed by atoms with Crippen molar-refractivity contribution in [2.45, 2.75) is 45.4 Å². The first kappa shape index (κ1) is 14.0. The zero-order chi connectivity index (χ0) is 14.0. The third-order valence-electron chi connectivity index (χ3n) is 3.67. The molecular weight excluding hydrogens is 244 g/mol. The van der Waals surface area contributed by atoms with E-state index < -0.39 is 6.10 Å². The molecule has 3 atom stereocenters. The number of aliphatic hydroxyl groups excluding tert-OH is 1. The second kappa shape index (κ2) is 5.71. The maximum Gasteiger partial charge on any atom is 0.223 e. The van der Waals surface area contributed by atoms with Gasteiger partial charge in [0.2, 0.25) is 5.91 Å². The number of nitrogens with one attached hydrogen (secondary N) is 1.